The Morgan fingerprint density at radius 3 is 2.22 bits per heavy atom. The molecule has 1 radical (unpaired) electrons. The highest BCUT2D eigenvalue weighted by Crippen LogP contribution is 2.32. The molecule has 0 saturated heterocycles. The summed E-state index contributed by atoms with van der Waals surface area (Å²) >= 11 is 0. The highest BCUT2D eigenvalue weighted by atomic mass is 19.3. The van der Waals surface area contributed by atoms with Crippen molar-refractivity contribution in [1.29, 1.82) is 0 Å². The highest BCUT2D eigenvalue weighted by molar-refractivity contribution is 5.71. The van der Waals surface area contributed by atoms with E-state index in [1.807, 2.05) is 6.07 Å². The smallest absolute Gasteiger partial charge is 0.426 e. The van der Waals surface area contributed by atoms with Gasteiger partial charge in [-0.15, -0.1) is 0 Å². The Morgan fingerprint density at radius 2 is 1.56 bits per heavy atom. The number of hydrogen-bond acceptors (Lipinski definition) is 2. The maximum absolute atomic E-state index is 12.9. The number of ether oxygens (including phenoxy) is 1. The number of carbonyl (C=O) groups excluding carboxylic acids is 1. The average molecular weight is 247 g/mol. The van der Waals surface area contributed by atoms with Gasteiger partial charge >= 0.3 is 12.4 Å². The first-order chi connectivity index (χ1) is 8.62. The van der Waals surface area contributed by atoms with Crippen LogP contribution in [0, 0.1) is 0 Å². The third-order valence-electron chi connectivity index (χ3n) is 2.33. The molecule has 0 atom stereocenters. The summed E-state index contributed by atoms with van der Waals surface area (Å²) in [6.07, 6.45) is -3.38. The highest BCUT2D eigenvalue weighted by Gasteiger charge is 2.33. The summed E-state index contributed by atoms with van der Waals surface area (Å²) in [5.41, 5.74) is 1.22. The molecule has 2 aromatic carbocycles. The lowest BCUT2D eigenvalue weighted by molar-refractivity contribution is -0.112. The minimum Gasteiger partial charge on any atom is -0.426 e. The topological polar surface area (TPSA) is 26.3 Å². The maximum Gasteiger partial charge on any atom is 0.469 e. The van der Waals surface area contributed by atoms with Crippen LogP contribution < -0.4 is 4.74 Å². The van der Waals surface area contributed by atoms with Gasteiger partial charge in [0.15, 0.2) is 0 Å². The summed E-state index contributed by atoms with van der Waals surface area (Å²) in [4.78, 5) is 10.1. The zero-order valence-electron chi connectivity index (χ0n) is 9.27. The molecule has 2 rings (SSSR count). The van der Waals surface area contributed by atoms with E-state index in [1.165, 1.54) is 6.07 Å². The molecule has 0 aliphatic rings. The van der Waals surface area contributed by atoms with Crippen LogP contribution >= 0.6 is 0 Å². The Balaban J connectivity index is 2.41. The zero-order chi connectivity index (χ0) is 13.0. The molecule has 2 aromatic rings. The zero-order valence-corrected chi connectivity index (χ0v) is 9.27. The summed E-state index contributed by atoms with van der Waals surface area (Å²) < 4.78 is 30.2. The van der Waals surface area contributed by atoms with E-state index >= 15 is 0 Å². The molecule has 91 valence electrons. The van der Waals surface area contributed by atoms with Gasteiger partial charge in [0.25, 0.3) is 0 Å². The molecule has 0 aliphatic heterocycles. The van der Waals surface area contributed by atoms with Crippen LogP contribution in [-0.2, 0) is 4.79 Å². The molecular weight excluding hydrogens is 238 g/mol. The summed E-state index contributed by atoms with van der Waals surface area (Å²) in [6.45, 7) is 0. The van der Waals surface area contributed by atoms with Gasteiger partial charge in [-0.25, -0.2) is 0 Å². The first-order valence-electron chi connectivity index (χ1n) is 5.23. The van der Waals surface area contributed by atoms with E-state index < -0.39 is 6.11 Å². The fourth-order valence-electron chi connectivity index (χ4n) is 1.57. The molecule has 0 bridgehead atoms. The number of rotatable bonds is 4. The van der Waals surface area contributed by atoms with E-state index in [0.29, 0.717) is 11.8 Å². The van der Waals surface area contributed by atoms with Gasteiger partial charge in [-0.3, -0.25) is 4.79 Å². The van der Waals surface area contributed by atoms with Crippen LogP contribution in [0.15, 0.2) is 54.6 Å². The largest absolute Gasteiger partial charge is 0.469 e. The predicted molar refractivity (Wildman–Crippen MR) is 63.1 cm³/mol. The van der Waals surface area contributed by atoms with Crippen molar-refractivity contribution in [1.82, 2.24) is 0 Å². The van der Waals surface area contributed by atoms with Crippen LogP contribution in [0.1, 0.15) is 0 Å². The van der Waals surface area contributed by atoms with Gasteiger partial charge in [0, 0.05) is 5.56 Å². The van der Waals surface area contributed by atoms with Crippen LogP contribution in [0.4, 0.5) is 8.78 Å². The van der Waals surface area contributed by atoms with Crippen LogP contribution in [0.2, 0.25) is 0 Å². The van der Waals surface area contributed by atoms with E-state index in [4.69, 9.17) is 0 Å². The van der Waals surface area contributed by atoms with Crippen molar-refractivity contribution in [2.75, 3.05) is 0 Å². The number of benzene rings is 2. The van der Waals surface area contributed by atoms with E-state index in [-0.39, 0.29) is 5.75 Å². The fourth-order valence-corrected chi connectivity index (χ4v) is 1.57. The van der Waals surface area contributed by atoms with Crippen LogP contribution in [0.5, 0.6) is 5.75 Å². The van der Waals surface area contributed by atoms with Crippen molar-refractivity contribution in [3.05, 3.63) is 54.6 Å². The lowest BCUT2D eigenvalue weighted by Crippen LogP contribution is -2.26. The van der Waals surface area contributed by atoms with Gasteiger partial charge < -0.3 is 4.74 Å². The SMILES string of the molecule is O=[C]C(F)(F)Oc1ccccc1-c1ccccc1. The molecule has 0 unspecified atom stereocenters. The molecule has 0 heterocycles. The molecule has 0 aliphatic carbocycles. The lowest BCUT2D eigenvalue weighted by Gasteiger charge is -2.14. The van der Waals surface area contributed by atoms with Crippen molar-refractivity contribution in [2.24, 2.45) is 0 Å². The molecule has 18 heavy (non-hydrogen) atoms. The number of para-hydroxylation sites is 1. The first kappa shape index (κ1) is 12.2. The number of alkyl halides is 2. The molecule has 0 spiro atoms. The van der Waals surface area contributed by atoms with Gasteiger partial charge in [0.1, 0.15) is 5.75 Å². The summed E-state index contributed by atoms with van der Waals surface area (Å²) in [7, 11) is 0. The van der Waals surface area contributed by atoms with Crippen molar-refractivity contribution in [3.8, 4) is 16.9 Å². The second-order valence-electron chi connectivity index (χ2n) is 3.58. The van der Waals surface area contributed by atoms with Crippen molar-refractivity contribution in [2.45, 2.75) is 6.11 Å². The Labute approximate surface area is 103 Å². The van der Waals surface area contributed by atoms with Gasteiger partial charge in [-0.05, 0) is 11.6 Å². The number of halogens is 2. The Bertz CT molecular complexity index is 539. The van der Waals surface area contributed by atoms with Gasteiger partial charge in [0.2, 0.25) is 0 Å². The molecule has 0 N–H and O–H groups in total. The first-order valence-corrected chi connectivity index (χ1v) is 5.23. The molecule has 0 saturated carbocycles. The summed E-state index contributed by atoms with van der Waals surface area (Å²) in [6, 6.07) is 15.2. The van der Waals surface area contributed by atoms with Gasteiger partial charge in [-0.1, -0.05) is 48.5 Å². The Kier molecular flexibility index (Phi) is 3.37. The third kappa shape index (κ3) is 2.71. The molecule has 0 amide bonds. The molecule has 2 nitrogen and oxygen atoms in total. The van der Waals surface area contributed by atoms with Crippen molar-refractivity contribution >= 4 is 6.29 Å². The van der Waals surface area contributed by atoms with E-state index in [9.17, 15) is 13.6 Å². The van der Waals surface area contributed by atoms with E-state index in [0.717, 1.165) is 5.56 Å². The van der Waals surface area contributed by atoms with Crippen molar-refractivity contribution < 1.29 is 18.3 Å². The van der Waals surface area contributed by atoms with E-state index in [1.54, 1.807) is 42.5 Å². The predicted octanol–water partition coefficient (Wildman–Crippen LogP) is 3.43. The quantitative estimate of drug-likeness (QED) is 0.827. The average Bonchev–Trinajstić information content (AvgIpc) is 2.40. The minimum absolute atomic E-state index is 0.0583. The molecule has 0 aromatic heterocycles. The van der Waals surface area contributed by atoms with Crippen LogP contribution in [0.3, 0.4) is 0 Å². The second-order valence-corrected chi connectivity index (χ2v) is 3.58. The number of hydrogen-bond donors (Lipinski definition) is 0. The molecular formula is C14H9F2O2. The Hall–Kier alpha value is -2.23. The molecule has 4 heteroatoms. The van der Waals surface area contributed by atoms with E-state index in [2.05, 4.69) is 4.74 Å². The normalized spacial score (nSPS) is 11.0. The fraction of sp³-hybridized carbons (Fsp3) is 0.0714. The van der Waals surface area contributed by atoms with Crippen LogP contribution in [-0.4, -0.2) is 12.4 Å². The molecule has 0 fully saturated rings. The standard InChI is InChI=1S/C14H9F2O2/c15-14(16,10-17)18-13-9-5-4-8-12(13)11-6-2-1-3-7-11/h1-9H. The summed E-state index contributed by atoms with van der Waals surface area (Å²) in [5, 5.41) is 0. The monoisotopic (exact) mass is 247 g/mol. The summed E-state index contributed by atoms with van der Waals surface area (Å²) in [5.74, 6) is -0.0583. The third-order valence-corrected chi connectivity index (χ3v) is 2.33. The Morgan fingerprint density at radius 1 is 0.944 bits per heavy atom. The van der Waals surface area contributed by atoms with Gasteiger partial charge in [-0.2, -0.15) is 8.78 Å². The van der Waals surface area contributed by atoms with Crippen molar-refractivity contribution in [3.63, 3.8) is 0 Å². The van der Waals surface area contributed by atoms with Crippen LogP contribution in [0.25, 0.3) is 11.1 Å². The second kappa shape index (κ2) is 4.96. The van der Waals surface area contributed by atoms with Gasteiger partial charge in [0.05, 0.1) is 0 Å². The lowest BCUT2D eigenvalue weighted by atomic mass is 10.1. The maximum atomic E-state index is 12.9. The minimum atomic E-state index is -3.94.